The average Bonchev–Trinajstić information content (AvgIpc) is 2.11. The van der Waals surface area contributed by atoms with E-state index in [-0.39, 0.29) is 5.75 Å². The van der Waals surface area contributed by atoms with Gasteiger partial charge < -0.3 is 9.84 Å². The van der Waals surface area contributed by atoms with Crippen LogP contribution in [0.15, 0.2) is 16.6 Å². The Labute approximate surface area is 84.8 Å². The lowest BCUT2D eigenvalue weighted by atomic mass is 10.2. The van der Waals surface area contributed by atoms with Crippen molar-refractivity contribution in [3.63, 3.8) is 0 Å². The quantitative estimate of drug-likeness (QED) is 0.553. The van der Waals surface area contributed by atoms with Gasteiger partial charge in [0.15, 0.2) is 11.5 Å². The fraction of sp³-hybridized carbons (Fsp3) is 0.250. The Morgan fingerprint density at radius 2 is 2.31 bits per heavy atom. The van der Waals surface area contributed by atoms with E-state index in [1.54, 1.807) is 12.1 Å². The van der Waals surface area contributed by atoms with Crippen molar-refractivity contribution >= 4 is 15.9 Å². The van der Waals surface area contributed by atoms with Crippen LogP contribution in [0.1, 0.15) is 5.56 Å². The summed E-state index contributed by atoms with van der Waals surface area (Å²) < 4.78 is 5.80. The second-order valence-electron chi connectivity index (χ2n) is 2.50. The SMILES string of the molecule is COc1cc(Br)cc(CNN)c1O. The molecule has 1 rings (SSSR count). The third-order valence-corrected chi connectivity index (χ3v) is 2.09. The fourth-order valence-corrected chi connectivity index (χ4v) is 1.51. The maximum absolute atomic E-state index is 9.60. The van der Waals surface area contributed by atoms with Crippen LogP contribution in [0.2, 0.25) is 0 Å². The van der Waals surface area contributed by atoms with Gasteiger partial charge in [0, 0.05) is 16.6 Å². The van der Waals surface area contributed by atoms with E-state index in [0.717, 1.165) is 4.47 Å². The Morgan fingerprint density at radius 1 is 1.62 bits per heavy atom. The highest BCUT2D eigenvalue weighted by atomic mass is 79.9. The van der Waals surface area contributed by atoms with Gasteiger partial charge in [-0.05, 0) is 12.1 Å². The Morgan fingerprint density at radius 3 is 2.85 bits per heavy atom. The zero-order valence-electron chi connectivity index (χ0n) is 7.17. The molecule has 4 N–H and O–H groups in total. The van der Waals surface area contributed by atoms with Crippen LogP contribution in [0.5, 0.6) is 11.5 Å². The highest BCUT2D eigenvalue weighted by Gasteiger charge is 2.08. The molecule has 72 valence electrons. The molecule has 0 unspecified atom stereocenters. The summed E-state index contributed by atoms with van der Waals surface area (Å²) in [6, 6.07) is 3.47. The van der Waals surface area contributed by atoms with E-state index in [0.29, 0.717) is 17.9 Å². The average molecular weight is 247 g/mol. The van der Waals surface area contributed by atoms with Crippen LogP contribution in [-0.4, -0.2) is 12.2 Å². The first-order valence-corrected chi connectivity index (χ1v) is 4.47. The standard InChI is InChI=1S/C8H11BrN2O2/c1-13-7-3-6(9)2-5(4-11-10)8(7)12/h2-3,11-12H,4,10H2,1H3. The molecule has 0 fully saturated rings. The molecule has 0 saturated carbocycles. The van der Waals surface area contributed by atoms with Crippen LogP contribution < -0.4 is 16.0 Å². The molecule has 0 aliphatic rings. The van der Waals surface area contributed by atoms with Gasteiger partial charge in [0.05, 0.1) is 7.11 Å². The number of ether oxygens (including phenoxy) is 1. The Kier molecular flexibility index (Phi) is 3.53. The number of halogens is 1. The molecule has 0 spiro atoms. The predicted molar refractivity (Wildman–Crippen MR) is 53.4 cm³/mol. The van der Waals surface area contributed by atoms with Gasteiger partial charge >= 0.3 is 0 Å². The minimum absolute atomic E-state index is 0.114. The molecule has 0 radical (unpaired) electrons. The van der Waals surface area contributed by atoms with E-state index in [1.807, 2.05) is 0 Å². The molecule has 0 heterocycles. The molecular weight excluding hydrogens is 236 g/mol. The number of aromatic hydroxyl groups is 1. The van der Waals surface area contributed by atoms with Crippen molar-refractivity contribution < 1.29 is 9.84 Å². The zero-order valence-corrected chi connectivity index (χ0v) is 8.76. The van der Waals surface area contributed by atoms with Crippen molar-refractivity contribution in [2.75, 3.05) is 7.11 Å². The molecule has 0 bridgehead atoms. The number of hydrazine groups is 1. The summed E-state index contributed by atoms with van der Waals surface area (Å²) in [5.41, 5.74) is 3.16. The lowest BCUT2D eigenvalue weighted by molar-refractivity contribution is 0.369. The van der Waals surface area contributed by atoms with Crippen molar-refractivity contribution in [3.05, 3.63) is 22.2 Å². The number of phenolic OH excluding ortho intramolecular Hbond substituents is 1. The van der Waals surface area contributed by atoms with Crippen molar-refractivity contribution in [1.29, 1.82) is 0 Å². The molecule has 0 atom stereocenters. The van der Waals surface area contributed by atoms with E-state index < -0.39 is 0 Å². The Balaban J connectivity index is 3.11. The third-order valence-electron chi connectivity index (χ3n) is 1.63. The van der Waals surface area contributed by atoms with Gasteiger partial charge in [-0.25, -0.2) is 0 Å². The van der Waals surface area contributed by atoms with E-state index in [2.05, 4.69) is 21.4 Å². The molecule has 0 amide bonds. The van der Waals surface area contributed by atoms with Crippen LogP contribution in [0.4, 0.5) is 0 Å². The van der Waals surface area contributed by atoms with Gasteiger partial charge in [0.25, 0.3) is 0 Å². The Hall–Kier alpha value is -0.780. The number of hydrogen-bond acceptors (Lipinski definition) is 4. The van der Waals surface area contributed by atoms with Crippen LogP contribution >= 0.6 is 15.9 Å². The minimum Gasteiger partial charge on any atom is -0.504 e. The highest BCUT2D eigenvalue weighted by molar-refractivity contribution is 9.10. The fourth-order valence-electron chi connectivity index (χ4n) is 1.03. The smallest absolute Gasteiger partial charge is 0.162 e. The maximum Gasteiger partial charge on any atom is 0.162 e. The van der Waals surface area contributed by atoms with Crippen LogP contribution in [0.3, 0.4) is 0 Å². The molecule has 0 aromatic heterocycles. The van der Waals surface area contributed by atoms with Gasteiger partial charge in [0.2, 0.25) is 0 Å². The van der Waals surface area contributed by atoms with Gasteiger partial charge in [0.1, 0.15) is 0 Å². The molecule has 1 aromatic carbocycles. The first-order valence-electron chi connectivity index (χ1n) is 3.68. The van der Waals surface area contributed by atoms with E-state index in [1.165, 1.54) is 7.11 Å². The number of nitrogens with two attached hydrogens (primary N) is 1. The first-order chi connectivity index (χ1) is 6.19. The number of nitrogens with one attached hydrogen (secondary N) is 1. The number of phenols is 1. The summed E-state index contributed by atoms with van der Waals surface area (Å²) in [4.78, 5) is 0. The zero-order chi connectivity index (χ0) is 9.84. The summed E-state index contributed by atoms with van der Waals surface area (Å²) in [5.74, 6) is 5.70. The van der Waals surface area contributed by atoms with Crippen molar-refractivity contribution in [3.8, 4) is 11.5 Å². The molecule has 5 heteroatoms. The normalized spacial score (nSPS) is 10.1. The van der Waals surface area contributed by atoms with E-state index in [4.69, 9.17) is 10.6 Å². The molecular formula is C8H11BrN2O2. The summed E-state index contributed by atoms with van der Waals surface area (Å²) in [5, 5.41) is 9.60. The highest BCUT2D eigenvalue weighted by Crippen LogP contribution is 2.33. The Bertz CT molecular complexity index is 304. The van der Waals surface area contributed by atoms with Gasteiger partial charge in [-0.15, -0.1) is 0 Å². The van der Waals surface area contributed by atoms with E-state index in [9.17, 15) is 5.11 Å². The van der Waals surface area contributed by atoms with Gasteiger partial charge in [-0.3, -0.25) is 11.3 Å². The largest absolute Gasteiger partial charge is 0.504 e. The van der Waals surface area contributed by atoms with E-state index >= 15 is 0 Å². The van der Waals surface area contributed by atoms with Crippen LogP contribution in [-0.2, 0) is 6.54 Å². The topological polar surface area (TPSA) is 67.5 Å². The lowest BCUT2D eigenvalue weighted by Crippen LogP contribution is -2.20. The summed E-state index contributed by atoms with van der Waals surface area (Å²) >= 11 is 3.30. The maximum atomic E-state index is 9.60. The predicted octanol–water partition coefficient (Wildman–Crippen LogP) is 1.13. The second kappa shape index (κ2) is 4.45. The minimum atomic E-state index is 0.114. The molecule has 1 aromatic rings. The molecule has 4 nitrogen and oxygen atoms in total. The van der Waals surface area contributed by atoms with Gasteiger partial charge in [-0.2, -0.15) is 0 Å². The van der Waals surface area contributed by atoms with Gasteiger partial charge in [-0.1, -0.05) is 15.9 Å². The molecule has 0 aliphatic heterocycles. The monoisotopic (exact) mass is 246 g/mol. The number of benzene rings is 1. The second-order valence-corrected chi connectivity index (χ2v) is 3.41. The van der Waals surface area contributed by atoms with Crippen molar-refractivity contribution in [2.45, 2.75) is 6.54 Å². The number of rotatable bonds is 3. The number of hydrogen-bond donors (Lipinski definition) is 3. The van der Waals surface area contributed by atoms with Crippen molar-refractivity contribution in [2.24, 2.45) is 5.84 Å². The van der Waals surface area contributed by atoms with Crippen LogP contribution in [0.25, 0.3) is 0 Å². The lowest BCUT2D eigenvalue weighted by Gasteiger charge is -2.09. The summed E-state index contributed by atoms with van der Waals surface area (Å²) in [6.07, 6.45) is 0. The molecule has 0 aliphatic carbocycles. The first kappa shape index (κ1) is 10.3. The van der Waals surface area contributed by atoms with Crippen LogP contribution in [0, 0.1) is 0 Å². The number of methoxy groups -OCH3 is 1. The molecule has 0 saturated heterocycles. The van der Waals surface area contributed by atoms with Crippen molar-refractivity contribution in [1.82, 2.24) is 5.43 Å². The third kappa shape index (κ3) is 2.33. The summed E-state index contributed by atoms with van der Waals surface area (Å²) in [7, 11) is 1.50. The molecule has 13 heavy (non-hydrogen) atoms. The summed E-state index contributed by atoms with van der Waals surface area (Å²) in [6.45, 7) is 0.391.